The van der Waals surface area contributed by atoms with Gasteiger partial charge in [0, 0.05) is 25.3 Å². The van der Waals surface area contributed by atoms with E-state index in [2.05, 4.69) is 5.32 Å². The zero-order valence-corrected chi connectivity index (χ0v) is 11.0. The predicted molar refractivity (Wildman–Crippen MR) is 72.0 cm³/mol. The summed E-state index contributed by atoms with van der Waals surface area (Å²) in [5, 5.41) is 22.6. The third-order valence-corrected chi connectivity index (χ3v) is 2.42. The average Bonchev–Trinajstić information content (AvgIpc) is 2.37. The molecule has 0 radical (unpaired) electrons. The molecule has 0 aromatic heterocycles. The first kappa shape index (κ1) is 14.9. The first-order valence-corrected chi connectivity index (χ1v) is 6.08. The molecule has 102 valence electrons. The van der Waals surface area contributed by atoms with Gasteiger partial charge in [-0.15, -0.1) is 0 Å². The lowest BCUT2D eigenvalue weighted by Crippen LogP contribution is -2.10. The smallest absolute Gasteiger partial charge is 0.270 e. The molecule has 0 atom stereocenters. The first-order chi connectivity index (χ1) is 9.04. The minimum absolute atomic E-state index is 0.0785. The van der Waals surface area contributed by atoms with Crippen LogP contribution in [0, 0.1) is 21.4 Å². The summed E-state index contributed by atoms with van der Waals surface area (Å²) in [6, 6.07) is 6.16. The van der Waals surface area contributed by atoms with Crippen molar-refractivity contribution in [1.29, 1.82) is 5.26 Å². The van der Waals surface area contributed by atoms with E-state index in [1.165, 1.54) is 12.1 Å². The van der Waals surface area contributed by atoms with Crippen LogP contribution < -0.4 is 5.32 Å². The summed E-state index contributed by atoms with van der Waals surface area (Å²) in [5.41, 5.74) is 0.807. The van der Waals surface area contributed by atoms with Crippen LogP contribution in [0.15, 0.2) is 18.2 Å². The zero-order valence-electron chi connectivity index (χ0n) is 11.0. The topological polar surface area (TPSA) is 88.2 Å². The second-order valence-electron chi connectivity index (χ2n) is 4.30. The normalized spacial score (nSPS) is 10.2. The van der Waals surface area contributed by atoms with E-state index >= 15 is 0 Å². The molecule has 19 heavy (non-hydrogen) atoms. The van der Waals surface area contributed by atoms with Gasteiger partial charge in [-0.25, -0.2) is 0 Å². The third kappa shape index (κ3) is 4.94. The SMILES string of the molecule is CC(C)OCCCNc1ccc([N+](=O)[O-])cc1C#N. The predicted octanol–water partition coefficient (Wildman–Crippen LogP) is 2.69. The maximum Gasteiger partial charge on any atom is 0.270 e. The summed E-state index contributed by atoms with van der Waals surface area (Å²) in [6.45, 7) is 5.23. The van der Waals surface area contributed by atoms with Crippen LogP contribution >= 0.6 is 0 Å². The monoisotopic (exact) mass is 263 g/mol. The van der Waals surface area contributed by atoms with Crippen LogP contribution in [0.1, 0.15) is 25.8 Å². The minimum atomic E-state index is -0.513. The van der Waals surface area contributed by atoms with Gasteiger partial charge in [0.1, 0.15) is 6.07 Å². The molecule has 0 saturated heterocycles. The van der Waals surface area contributed by atoms with Crippen molar-refractivity contribution in [3.05, 3.63) is 33.9 Å². The van der Waals surface area contributed by atoms with E-state index in [9.17, 15) is 10.1 Å². The van der Waals surface area contributed by atoms with Gasteiger partial charge in [0.05, 0.1) is 22.3 Å². The van der Waals surface area contributed by atoms with E-state index in [0.29, 0.717) is 18.8 Å². The van der Waals surface area contributed by atoms with Crippen molar-refractivity contribution in [3.63, 3.8) is 0 Å². The number of non-ortho nitro benzene ring substituents is 1. The van der Waals surface area contributed by atoms with Gasteiger partial charge in [0.25, 0.3) is 5.69 Å². The van der Waals surface area contributed by atoms with Gasteiger partial charge in [-0.05, 0) is 26.3 Å². The molecule has 0 saturated carbocycles. The Bertz CT molecular complexity index is 481. The Morgan fingerprint density at radius 2 is 2.26 bits per heavy atom. The van der Waals surface area contributed by atoms with Crippen LogP contribution in [-0.4, -0.2) is 24.2 Å². The molecule has 0 aliphatic heterocycles. The Labute approximate surface area is 112 Å². The van der Waals surface area contributed by atoms with Crippen molar-refractivity contribution in [2.45, 2.75) is 26.4 Å². The summed E-state index contributed by atoms with van der Waals surface area (Å²) >= 11 is 0. The molecule has 0 heterocycles. The second-order valence-corrected chi connectivity index (χ2v) is 4.30. The lowest BCUT2D eigenvalue weighted by molar-refractivity contribution is -0.384. The standard InChI is InChI=1S/C13H17N3O3/c1-10(2)19-7-3-6-15-13-5-4-12(16(17)18)8-11(13)9-14/h4-5,8,10,15H,3,6-7H2,1-2H3. The number of nitro groups is 1. The van der Waals surface area contributed by atoms with E-state index < -0.39 is 4.92 Å². The maximum atomic E-state index is 10.6. The third-order valence-electron chi connectivity index (χ3n) is 2.42. The van der Waals surface area contributed by atoms with E-state index in [1.807, 2.05) is 19.9 Å². The Hall–Kier alpha value is -2.13. The molecule has 0 spiro atoms. The summed E-state index contributed by atoms with van der Waals surface area (Å²) in [5.74, 6) is 0. The lowest BCUT2D eigenvalue weighted by atomic mass is 10.1. The highest BCUT2D eigenvalue weighted by atomic mass is 16.6. The van der Waals surface area contributed by atoms with E-state index in [0.717, 1.165) is 6.42 Å². The van der Waals surface area contributed by atoms with Crippen molar-refractivity contribution in [3.8, 4) is 6.07 Å². The number of ether oxygens (including phenoxy) is 1. The number of hydrogen-bond acceptors (Lipinski definition) is 5. The molecule has 1 rings (SSSR count). The van der Waals surface area contributed by atoms with Crippen LogP contribution in [0.4, 0.5) is 11.4 Å². The number of nitrogens with one attached hydrogen (secondary N) is 1. The van der Waals surface area contributed by atoms with E-state index in [4.69, 9.17) is 10.00 Å². The number of hydrogen-bond donors (Lipinski definition) is 1. The molecule has 0 fully saturated rings. The molecule has 0 aliphatic carbocycles. The van der Waals surface area contributed by atoms with Crippen LogP contribution in [0.3, 0.4) is 0 Å². The van der Waals surface area contributed by atoms with Gasteiger partial charge in [0.2, 0.25) is 0 Å². The fourth-order valence-electron chi connectivity index (χ4n) is 1.51. The summed E-state index contributed by atoms with van der Waals surface area (Å²) in [4.78, 5) is 10.1. The van der Waals surface area contributed by atoms with Gasteiger partial charge in [-0.1, -0.05) is 0 Å². The highest BCUT2D eigenvalue weighted by molar-refractivity contribution is 5.61. The molecular weight excluding hydrogens is 246 g/mol. The second kappa shape index (κ2) is 7.34. The molecule has 1 aromatic rings. The number of rotatable bonds is 7. The van der Waals surface area contributed by atoms with Crippen molar-refractivity contribution in [2.75, 3.05) is 18.5 Å². The fourth-order valence-corrected chi connectivity index (χ4v) is 1.51. The number of anilines is 1. The highest BCUT2D eigenvalue weighted by Gasteiger charge is 2.10. The Balaban J connectivity index is 2.54. The Morgan fingerprint density at radius 3 is 2.84 bits per heavy atom. The summed E-state index contributed by atoms with van der Waals surface area (Å²) in [6.07, 6.45) is 1.01. The fraction of sp³-hybridized carbons (Fsp3) is 0.462. The molecule has 0 bridgehead atoms. The molecule has 0 amide bonds. The molecule has 1 N–H and O–H groups in total. The number of benzene rings is 1. The first-order valence-electron chi connectivity index (χ1n) is 6.08. The van der Waals surface area contributed by atoms with E-state index in [-0.39, 0.29) is 17.4 Å². The van der Waals surface area contributed by atoms with Gasteiger partial charge >= 0.3 is 0 Å². The van der Waals surface area contributed by atoms with Crippen molar-refractivity contribution >= 4 is 11.4 Å². The quantitative estimate of drug-likeness (QED) is 0.464. The zero-order chi connectivity index (χ0) is 14.3. The van der Waals surface area contributed by atoms with Crippen LogP contribution in [0.2, 0.25) is 0 Å². The Morgan fingerprint density at radius 1 is 1.53 bits per heavy atom. The molecular formula is C13H17N3O3. The number of nitro benzene ring substituents is 1. The van der Waals surface area contributed by atoms with Gasteiger partial charge < -0.3 is 10.1 Å². The molecule has 6 heteroatoms. The highest BCUT2D eigenvalue weighted by Crippen LogP contribution is 2.21. The molecule has 1 aromatic carbocycles. The summed E-state index contributed by atoms with van der Waals surface area (Å²) < 4.78 is 5.39. The van der Waals surface area contributed by atoms with Gasteiger partial charge in [-0.2, -0.15) is 5.26 Å². The van der Waals surface area contributed by atoms with Gasteiger partial charge in [-0.3, -0.25) is 10.1 Å². The molecule has 6 nitrogen and oxygen atoms in total. The molecule has 0 aliphatic rings. The minimum Gasteiger partial charge on any atom is -0.384 e. The van der Waals surface area contributed by atoms with Gasteiger partial charge in [0.15, 0.2) is 0 Å². The average molecular weight is 263 g/mol. The van der Waals surface area contributed by atoms with Crippen LogP contribution in [-0.2, 0) is 4.74 Å². The van der Waals surface area contributed by atoms with Crippen molar-refractivity contribution in [2.24, 2.45) is 0 Å². The van der Waals surface area contributed by atoms with E-state index in [1.54, 1.807) is 6.07 Å². The van der Waals surface area contributed by atoms with Crippen molar-refractivity contribution < 1.29 is 9.66 Å². The number of nitrogens with zero attached hydrogens (tertiary/aromatic N) is 2. The molecule has 0 unspecified atom stereocenters. The lowest BCUT2D eigenvalue weighted by Gasteiger charge is -2.10. The van der Waals surface area contributed by atoms with Crippen LogP contribution in [0.25, 0.3) is 0 Å². The summed E-state index contributed by atoms with van der Waals surface area (Å²) in [7, 11) is 0. The van der Waals surface area contributed by atoms with Crippen LogP contribution in [0.5, 0.6) is 0 Å². The maximum absolute atomic E-state index is 10.6. The largest absolute Gasteiger partial charge is 0.384 e. The van der Waals surface area contributed by atoms with Crippen molar-refractivity contribution in [1.82, 2.24) is 0 Å². The number of nitriles is 1. The Kier molecular flexibility index (Phi) is 5.76.